The van der Waals surface area contributed by atoms with Crippen molar-refractivity contribution < 1.29 is 4.79 Å². The first-order chi connectivity index (χ1) is 14.5. The maximum atomic E-state index is 13.2. The summed E-state index contributed by atoms with van der Waals surface area (Å²) in [5, 5.41) is 0. The van der Waals surface area contributed by atoms with Crippen molar-refractivity contribution in [2.24, 2.45) is 5.92 Å². The normalized spacial score (nSPS) is 22.6. The number of hydrogen-bond acceptors (Lipinski definition) is 2. The summed E-state index contributed by atoms with van der Waals surface area (Å²) >= 11 is 0. The Morgan fingerprint density at radius 1 is 0.900 bits per heavy atom. The largest absolute Gasteiger partial charge is 0.338 e. The predicted molar refractivity (Wildman–Crippen MR) is 124 cm³/mol. The SMILES string of the molecule is Cc1ccc(C(=O)N2C[C@H](CN(C)C3CCCCC3)[C@@H](c3ccc(C)cc3)C2)cc1. The van der Waals surface area contributed by atoms with E-state index in [2.05, 4.69) is 55.0 Å². The number of benzene rings is 2. The third-order valence-corrected chi connectivity index (χ3v) is 7.25. The van der Waals surface area contributed by atoms with Gasteiger partial charge in [-0.15, -0.1) is 0 Å². The van der Waals surface area contributed by atoms with Crippen molar-refractivity contribution in [1.29, 1.82) is 0 Å². The Morgan fingerprint density at radius 2 is 1.50 bits per heavy atom. The molecule has 4 rings (SSSR count). The summed E-state index contributed by atoms with van der Waals surface area (Å²) in [5.74, 6) is 1.06. The quantitative estimate of drug-likeness (QED) is 0.664. The van der Waals surface area contributed by atoms with Gasteiger partial charge in [0.15, 0.2) is 0 Å². The number of nitrogens with zero attached hydrogens (tertiary/aromatic N) is 2. The summed E-state index contributed by atoms with van der Waals surface area (Å²) in [6, 6.07) is 17.7. The number of rotatable bonds is 5. The van der Waals surface area contributed by atoms with Crippen molar-refractivity contribution in [1.82, 2.24) is 9.80 Å². The Bertz CT molecular complexity index is 836. The fraction of sp³-hybridized carbons (Fsp3) is 0.519. The van der Waals surface area contributed by atoms with E-state index >= 15 is 0 Å². The smallest absolute Gasteiger partial charge is 0.253 e. The molecule has 2 atom stereocenters. The van der Waals surface area contributed by atoms with Gasteiger partial charge in [-0.2, -0.15) is 0 Å². The van der Waals surface area contributed by atoms with Crippen LogP contribution in [0.2, 0.25) is 0 Å². The highest BCUT2D eigenvalue weighted by molar-refractivity contribution is 5.94. The fourth-order valence-electron chi connectivity index (χ4n) is 5.33. The molecule has 2 aromatic rings. The molecule has 1 aliphatic carbocycles. The molecule has 3 heteroatoms. The summed E-state index contributed by atoms with van der Waals surface area (Å²) in [4.78, 5) is 17.9. The standard InChI is InChI=1S/C27H36N2O/c1-20-9-13-22(14-10-20)26-19-29(27(30)23-15-11-21(2)12-16-23)18-24(26)17-28(3)25-7-5-4-6-8-25/h9-16,24-26H,4-8,17-19H2,1-3H3/t24-,26+/m0/s1. The van der Waals surface area contributed by atoms with Crippen LogP contribution >= 0.6 is 0 Å². The summed E-state index contributed by atoms with van der Waals surface area (Å²) in [5.41, 5.74) is 4.67. The van der Waals surface area contributed by atoms with E-state index in [9.17, 15) is 4.79 Å². The Labute approximate surface area is 182 Å². The summed E-state index contributed by atoms with van der Waals surface area (Å²) < 4.78 is 0. The van der Waals surface area contributed by atoms with E-state index in [4.69, 9.17) is 0 Å². The first-order valence-corrected chi connectivity index (χ1v) is 11.6. The first kappa shape index (κ1) is 21.1. The molecule has 2 fully saturated rings. The average Bonchev–Trinajstić information content (AvgIpc) is 3.18. The van der Waals surface area contributed by atoms with E-state index in [1.54, 1.807) is 0 Å². The van der Waals surface area contributed by atoms with Crippen LogP contribution in [0.3, 0.4) is 0 Å². The van der Waals surface area contributed by atoms with Crippen molar-refractivity contribution in [3.63, 3.8) is 0 Å². The van der Waals surface area contributed by atoms with Crippen LogP contribution in [-0.4, -0.2) is 48.4 Å². The van der Waals surface area contributed by atoms with Gasteiger partial charge < -0.3 is 9.80 Å². The summed E-state index contributed by atoms with van der Waals surface area (Å²) in [6.07, 6.45) is 6.76. The lowest BCUT2D eigenvalue weighted by atomic mass is 9.87. The zero-order valence-electron chi connectivity index (χ0n) is 18.8. The summed E-state index contributed by atoms with van der Waals surface area (Å²) in [7, 11) is 2.30. The monoisotopic (exact) mass is 404 g/mol. The average molecular weight is 405 g/mol. The molecule has 1 amide bonds. The van der Waals surface area contributed by atoms with Crippen LogP contribution in [0.1, 0.15) is 65.1 Å². The van der Waals surface area contributed by atoms with Crippen LogP contribution in [-0.2, 0) is 0 Å². The second-order valence-corrected chi connectivity index (χ2v) is 9.58. The molecule has 0 aromatic heterocycles. The minimum Gasteiger partial charge on any atom is -0.338 e. The number of carbonyl (C=O) groups is 1. The molecular weight excluding hydrogens is 368 g/mol. The molecule has 2 aromatic carbocycles. The Kier molecular flexibility index (Phi) is 6.58. The fourth-order valence-corrected chi connectivity index (χ4v) is 5.33. The first-order valence-electron chi connectivity index (χ1n) is 11.6. The van der Waals surface area contributed by atoms with Crippen molar-refractivity contribution in [3.05, 3.63) is 70.8 Å². The van der Waals surface area contributed by atoms with E-state index in [1.807, 2.05) is 24.3 Å². The molecule has 0 radical (unpaired) electrons. The van der Waals surface area contributed by atoms with Crippen LogP contribution < -0.4 is 0 Å². The minimum absolute atomic E-state index is 0.176. The van der Waals surface area contributed by atoms with Crippen molar-refractivity contribution >= 4 is 5.91 Å². The molecule has 160 valence electrons. The molecule has 1 saturated carbocycles. The molecule has 3 nitrogen and oxygen atoms in total. The highest BCUT2D eigenvalue weighted by Gasteiger charge is 2.37. The molecular formula is C27H36N2O. The predicted octanol–water partition coefficient (Wildman–Crippen LogP) is 5.42. The molecule has 0 unspecified atom stereocenters. The van der Waals surface area contributed by atoms with Gasteiger partial charge in [0, 0.05) is 37.2 Å². The van der Waals surface area contributed by atoms with Gasteiger partial charge in [-0.25, -0.2) is 0 Å². The Morgan fingerprint density at radius 3 is 2.13 bits per heavy atom. The number of likely N-dealkylation sites (tertiary alicyclic amines) is 1. The second-order valence-electron chi connectivity index (χ2n) is 9.58. The Balaban J connectivity index is 1.52. The lowest BCUT2D eigenvalue weighted by Crippen LogP contribution is -2.38. The highest BCUT2D eigenvalue weighted by atomic mass is 16.2. The number of aryl methyl sites for hydroxylation is 2. The van der Waals surface area contributed by atoms with Gasteiger partial charge in [0.1, 0.15) is 0 Å². The van der Waals surface area contributed by atoms with Gasteiger partial charge in [-0.05, 0) is 57.4 Å². The topological polar surface area (TPSA) is 23.6 Å². The Hall–Kier alpha value is -2.13. The molecule has 1 aliphatic heterocycles. The zero-order valence-corrected chi connectivity index (χ0v) is 18.8. The van der Waals surface area contributed by atoms with Crippen molar-refractivity contribution in [2.75, 3.05) is 26.7 Å². The van der Waals surface area contributed by atoms with Crippen molar-refractivity contribution in [2.45, 2.75) is 57.9 Å². The molecule has 2 aliphatic rings. The third-order valence-electron chi connectivity index (χ3n) is 7.25. The molecule has 0 bridgehead atoms. The lowest BCUT2D eigenvalue weighted by molar-refractivity contribution is 0.0780. The van der Waals surface area contributed by atoms with Crippen LogP contribution in [0.25, 0.3) is 0 Å². The van der Waals surface area contributed by atoms with E-state index in [0.29, 0.717) is 17.9 Å². The molecule has 1 heterocycles. The van der Waals surface area contributed by atoms with E-state index in [-0.39, 0.29) is 5.91 Å². The maximum Gasteiger partial charge on any atom is 0.253 e. The van der Waals surface area contributed by atoms with Crippen LogP contribution in [0, 0.1) is 19.8 Å². The number of hydrogen-bond donors (Lipinski definition) is 0. The van der Waals surface area contributed by atoms with Gasteiger partial charge in [0.25, 0.3) is 5.91 Å². The minimum atomic E-state index is 0.176. The highest BCUT2D eigenvalue weighted by Crippen LogP contribution is 2.35. The lowest BCUT2D eigenvalue weighted by Gasteiger charge is -2.34. The van der Waals surface area contributed by atoms with E-state index < -0.39 is 0 Å². The maximum absolute atomic E-state index is 13.2. The van der Waals surface area contributed by atoms with Crippen LogP contribution in [0.5, 0.6) is 0 Å². The number of amides is 1. The molecule has 1 saturated heterocycles. The van der Waals surface area contributed by atoms with Gasteiger partial charge in [0.2, 0.25) is 0 Å². The van der Waals surface area contributed by atoms with E-state index in [0.717, 1.165) is 25.2 Å². The molecule has 30 heavy (non-hydrogen) atoms. The van der Waals surface area contributed by atoms with Crippen LogP contribution in [0.15, 0.2) is 48.5 Å². The van der Waals surface area contributed by atoms with Gasteiger partial charge >= 0.3 is 0 Å². The van der Waals surface area contributed by atoms with E-state index in [1.165, 1.54) is 48.8 Å². The van der Waals surface area contributed by atoms with Gasteiger partial charge in [-0.1, -0.05) is 66.8 Å². The zero-order chi connectivity index (χ0) is 21.1. The van der Waals surface area contributed by atoms with Gasteiger partial charge in [-0.3, -0.25) is 4.79 Å². The van der Waals surface area contributed by atoms with Crippen molar-refractivity contribution in [3.8, 4) is 0 Å². The molecule has 0 spiro atoms. The molecule has 0 N–H and O–H groups in total. The second kappa shape index (κ2) is 9.34. The number of carbonyl (C=O) groups excluding carboxylic acids is 1. The third kappa shape index (κ3) is 4.78. The van der Waals surface area contributed by atoms with Crippen LogP contribution in [0.4, 0.5) is 0 Å². The van der Waals surface area contributed by atoms with Gasteiger partial charge in [0.05, 0.1) is 0 Å². The summed E-state index contributed by atoms with van der Waals surface area (Å²) in [6.45, 7) is 6.94.